The molecule has 0 atom stereocenters. The summed E-state index contributed by atoms with van der Waals surface area (Å²) in [4.78, 5) is 4.94. The van der Waals surface area contributed by atoms with Crippen molar-refractivity contribution in [1.82, 2.24) is 0 Å². The molecule has 3 N–H and O–H groups in total. The Morgan fingerprint density at radius 3 is 2.56 bits per heavy atom. The molecule has 1 aromatic rings. The third-order valence-electron chi connectivity index (χ3n) is 1.73. The second-order valence-corrected chi connectivity index (χ2v) is 2.83. The molecule has 0 aliphatic rings. The van der Waals surface area contributed by atoms with Crippen LogP contribution >= 0.6 is 12.4 Å². The number of halogens is 1. The number of hydrazine groups is 1. The normalized spacial score (nSPS) is 9.88. The van der Waals surface area contributed by atoms with Crippen molar-refractivity contribution in [2.45, 2.75) is 0 Å². The number of methoxy groups -OCH3 is 1. The minimum Gasteiger partial charge on any atom is -0.393 e. The van der Waals surface area contributed by atoms with Crippen molar-refractivity contribution >= 4 is 24.3 Å². The highest BCUT2D eigenvalue weighted by Gasteiger charge is 1.89. The van der Waals surface area contributed by atoms with Crippen LogP contribution in [0.25, 0.3) is 0 Å². The van der Waals surface area contributed by atoms with E-state index in [4.69, 9.17) is 15.4 Å². The topological polar surface area (TPSA) is 68.9 Å². The Labute approximate surface area is 101 Å². The van der Waals surface area contributed by atoms with Crippen LogP contribution in [0.1, 0.15) is 5.56 Å². The lowest BCUT2D eigenvalue weighted by molar-refractivity contribution is 0.0760. The van der Waals surface area contributed by atoms with E-state index >= 15 is 0 Å². The number of hydrogen-bond donors (Lipinski definition) is 2. The third-order valence-corrected chi connectivity index (χ3v) is 1.73. The van der Waals surface area contributed by atoms with E-state index in [1.165, 1.54) is 0 Å². The van der Waals surface area contributed by atoms with Crippen LogP contribution in [0.4, 0.5) is 5.69 Å². The first kappa shape index (κ1) is 14.7. The largest absolute Gasteiger partial charge is 0.393 e. The zero-order valence-corrected chi connectivity index (χ0v) is 9.87. The first-order valence-corrected chi connectivity index (χ1v) is 4.58. The van der Waals surface area contributed by atoms with Gasteiger partial charge >= 0.3 is 0 Å². The van der Waals surface area contributed by atoms with Crippen LogP contribution in [0.2, 0.25) is 0 Å². The molecule has 0 fully saturated rings. The summed E-state index contributed by atoms with van der Waals surface area (Å²) in [5, 5.41) is 3.78. The lowest BCUT2D eigenvalue weighted by Crippen LogP contribution is -2.06. The van der Waals surface area contributed by atoms with Gasteiger partial charge in [0.2, 0.25) is 0 Å². The molecule has 0 aromatic heterocycles. The second kappa shape index (κ2) is 8.96. The van der Waals surface area contributed by atoms with Crippen molar-refractivity contribution in [3.63, 3.8) is 0 Å². The van der Waals surface area contributed by atoms with Crippen molar-refractivity contribution in [2.75, 3.05) is 25.7 Å². The standard InChI is InChI=1S/C10H15N3O2.ClH/c1-14-6-7-15-12-8-9-2-4-10(13-11)5-3-9;/h2-5,8,13H,6-7,11H2,1H3;1H/b12-8+;. The molecular weight excluding hydrogens is 230 g/mol. The Kier molecular flexibility index (Phi) is 8.24. The summed E-state index contributed by atoms with van der Waals surface area (Å²) in [5.74, 6) is 5.23. The summed E-state index contributed by atoms with van der Waals surface area (Å²) in [6, 6.07) is 7.49. The average Bonchev–Trinajstić information content (AvgIpc) is 2.30. The van der Waals surface area contributed by atoms with Gasteiger partial charge in [-0.3, -0.25) is 5.84 Å². The zero-order valence-electron chi connectivity index (χ0n) is 9.05. The van der Waals surface area contributed by atoms with Gasteiger partial charge in [-0.25, -0.2) is 0 Å². The van der Waals surface area contributed by atoms with Gasteiger partial charge in [0.25, 0.3) is 0 Å². The Bertz CT molecular complexity index is 303. The fourth-order valence-electron chi connectivity index (χ4n) is 0.937. The molecule has 1 aromatic carbocycles. The maximum atomic E-state index is 5.23. The minimum absolute atomic E-state index is 0. The van der Waals surface area contributed by atoms with Crippen LogP contribution in [0.15, 0.2) is 29.4 Å². The van der Waals surface area contributed by atoms with Gasteiger partial charge in [0, 0.05) is 12.8 Å². The monoisotopic (exact) mass is 245 g/mol. The van der Waals surface area contributed by atoms with Crippen molar-refractivity contribution in [3.8, 4) is 0 Å². The van der Waals surface area contributed by atoms with Gasteiger partial charge in [0.05, 0.1) is 12.8 Å². The molecule has 5 nitrogen and oxygen atoms in total. The predicted molar refractivity (Wildman–Crippen MR) is 66.9 cm³/mol. The maximum absolute atomic E-state index is 5.23. The smallest absolute Gasteiger partial charge is 0.140 e. The van der Waals surface area contributed by atoms with Crippen LogP contribution < -0.4 is 11.3 Å². The highest BCUT2D eigenvalue weighted by molar-refractivity contribution is 5.85. The number of ether oxygens (including phenoxy) is 1. The van der Waals surface area contributed by atoms with Crippen molar-refractivity contribution in [3.05, 3.63) is 29.8 Å². The third kappa shape index (κ3) is 5.55. The molecule has 0 bridgehead atoms. The van der Waals surface area contributed by atoms with Gasteiger partial charge in [0.1, 0.15) is 6.61 Å². The van der Waals surface area contributed by atoms with E-state index in [0.29, 0.717) is 13.2 Å². The molecule has 1 rings (SSSR count). The van der Waals surface area contributed by atoms with E-state index in [1.54, 1.807) is 13.3 Å². The number of benzene rings is 1. The summed E-state index contributed by atoms with van der Waals surface area (Å²) in [7, 11) is 1.62. The summed E-state index contributed by atoms with van der Waals surface area (Å²) in [6.07, 6.45) is 1.63. The fraction of sp³-hybridized carbons (Fsp3) is 0.300. The van der Waals surface area contributed by atoms with Gasteiger partial charge in [-0.1, -0.05) is 17.3 Å². The minimum atomic E-state index is 0. The number of nitrogen functional groups attached to an aromatic ring is 1. The van der Waals surface area contributed by atoms with E-state index < -0.39 is 0 Å². The number of nitrogens with one attached hydrogen (secondary N) is 1. The van der Waals surface area contributed by atoms with Crippen LogP contribution in [-0.4, -0.2) is 26.5 Å². The van der Waals surface area contributed by atoms with Crippen molar-refractivity contribution in [1.29, 1.82) is 0 Å². The molecule has 0 saturated heterocycles. The van der Waals surface area contributed by atoms with Gasteiger partial charge in [-0.05, 0) is 17.7 Å². The molecule has 0 spiro atoms. The van der Waals surface area contributed by atoms with Crippen molar-refractivity contribution in [2.24, 2.45) is 11.0 Å². The lowest BCUT2D eigenvalue weighted by atomic mass is 10.2. The summed E-state index contributed by atoms with van der Waals surface area (Å²) >= 11 is 0. The number of rotatable bonds is 6. The lowest BCUT2D eigenvalue weighted by Gasteiger charge is -1.99. The maximum Gasteiger partial charge on any atom is 0.140 e. The van der Waals surface area contributed by atoms with Crippen LogP contribution in [-0.2, 0) is 9.57 Å². The fourth-order valence-corrected chi connectivity index (χ4v) is 0.937. The predicted octanol–water partition coefficient (Wildman–Crippen LogP) is 1.39. The molecule has 6 heteroatoms. The van der Waals surface area contributed by atoms with Gasteiger partial charge in [0.15, 0.2) is 0 Å². The molecule has 0 radical (unpaired) electrons. The summed E-state index contributed by atoms with van der Waals surface area (Å²) in [5.41, 5.74) is 4.35. The summed E-state index contributed by atoms with van der Waals surface area (Å²) < 4.78 is 4.80. The van der Waals surface area contributed by atoms with E-state index in [0.717, 1.165) is 11.3 Å². The molecule has 0 heterocycles. The number of hydrogen-bond acceptors (Lipinski definition) is 5. The molecule has 0 aliphatic carbocycles. The molecule has 16 heavy (non-hydrogen) atoms. The molecule has 90 valence electrons. The molecule has 0 aliphatic heterocycles. The molecule has 0 amide bonds. The van der Waals surface area contributed by atoms with Gasteiger partial charge in [-0.2, -0.15) is 0 Å². The Morgan fingerprint density at radius 1 is 1.31 bits per heavy atom. The number of nitrogens with zero attached hydrogens (tertiary/aromatic N) is 1. The van der Waals surface area contributed by atoms with E-state index in [2.05, 4.69) is 10.6 Å². The average molecular weight is 246 g/mol. The number of nitrogens with two attached hydrogens (primary N) is 1. The molecular formula is C10H16ClN3O2. The summed E-state index contributed by atoms with van der Waals surface area (Å²) in [6.45, 7) is 0.989. The Morgan fingerprint density at radius 2 is 2.00 bits per heavy atom. The number of anilines is 1. The first-order valence-electron chi connectivity index (χ1n) is 4.58. The zero-order chi connectivity index (χ0) is 10.9. The Balaban J connectivity index is 0.00000225. The van der Waals surface area contributed by atoms with Gasteiger partial charge in [-0.15, -0.1) is 12.4 Å². The van der Waals surface area contributed by atoms with Crippen LogP contribution in [0.5, 0.6) is 0 Å². The van der Waals surface area contributed by atoms with Crippen LogP contribution in [0, 0.1) is 0 Å². The molecule has 0 unspecified atom stereocenters. The van der Waals surface area contributed by atoms with Gasteiger partial charge < -0.3 is 15.0 Å². The quantitative estimate of drug-likeness (QED) is 0.344. The van der Waals surface area contributed by atoms with Crippen molar-refractivity contribution < 1.29 is 9.57 Å². The highest BCUT2D eigenvalue weighted by Crippen LogP contribution is 2.05. The van der Waals surface area contributed by atoms with E-state index in [-0.39, 0.29) is 12.4 Å². The molecule has 0 saturated carbocycles. The second-order valence-electron chi connectivity index (χ2n) is 2.83. The Hall–Kier alpha value is -1.30. The SMILES string of the molecule is COCCO/N=C/c1ccc(NN)cc1.Cl. The van der Waals surface area contributed by atoms with E-state index in [9.17, 15) is 0 Å². The van der Waals surface area contributed by atoms with E-state index in [1.807, 2.05) is 24.3 Å². The first-order chi connectivity index (χ1) is 7.36. The highest BCUT2D eigenvalue weighted by atomic mass is 35.5. The number of oxime groups is 1. The van der Waals surface area contributed by atoms with Crippen LogP contribution in [0.3, 0.4) is 0 Å².